The summed E-state index contributed by atoms with van der Waals surface area (Å²) >= 11 is 0. The van der Waals surface area contributed by atoms with Gasteiger partial charge in [-0.2, -0.15) is 0 Å². The van der Waals surface area contributed by atoms with Crippen molar-refractivity contribution in [1.82, 2.24) is 10.4 Å². The molecule has 2 aromatic rings. The molecule has 2 aromatic carbocycles. The highest BCUT2D eigenvalue weighted by Crippen LogP contribution is 2.38. The third-order valence-electron chi connectivity index (χ3n) is 3.89. The Morgan fingerprint density at radius 2 is 1.46 bits per heavy atom. The van der Waals surface area contributed by atoms with Crippen LogP contribution >= 0.6 is 7.29 Å². The number of benzene rings is 2. The Labute approximate surface area is 155 Å². The highest BCUT2D eigenvalue weighted by molar-refractivity contribution is 7.77. The van der Waals surface area contributed by atoms with Crippen LogP contribution in [0.1, 0.15) is 26.2 Å². The largest absolute Gasteiger partial charge is 0.381 e. The topological polar surface area (TPSA) is 67.4 Å². The van der Waals surface area contributed by atoms with Crippen LogP contribution in [0.3, 0.4) is 0 Å². The summed E-state index contributed by atoms with van der Waals surface area (Å²) in [5, 5.41) is 6.67. The third-order valence-corrected chi connectivity index (χ3v) is 6.46. The SMILES string of the molecule is CCCCOCCCNC(=O)NP(=O)(c1ccccc1)c1ccccc1. The molecular formula is C20H27N2O3P. The molecule has 0 saturated heterocycles. The van der Waals surface area contributed by atoms with E-state index in [2.05, 4.69) is 17.3 Å². The monoisotopic (exact) mass is 374 g/mol. The molecule has 0 spiro atoms. The van der Waals surface area contributed by atoms with Crippen LogP contribution in [-0.4, -0.2) is 25.8 Å². The van der Waals surface area contributed by atoms with Gasteiger partial charge in [0.05, 0.1) is 0 Å². The molecule has 0 fully saturated rings. The van der Waals surface area contributed by atoms with E-state index in [1.165, 1.54) is 0 Å². The van der Waals surface area contributed by atoms with E-state index in [-0.39, 0.29) is 0 Å². The fourth-order valence-electron chi connectivity index (χ4n) is 2.46. The van der Waals surface area contributed by atoms with Gasteiger partial charge in [0.15, 0.2) is 0 Å². The van der Waals surface area contributed by atoms with Crippen LogP contribution in [0.25, 0.3) is 0 Å². The first-order valence-corrected chi connectivity index (χ1v) is 10.7. The Morgan fingerprint density at radius 3 is 2.00 bits per heavy atom. The summed E-state index contributed by atoms with van der Waals surface area (Å²) in [5.41, 5.74) is 0. The molecule has 0 heterocycles. The lowest BCUT2D eigenvalue weighted by molar-refractivity contribution is 0.129. The highest BCUT2D eigenvalue weighted by Gasteiger charge is 2.29. The minimum atomic E-state index is -3.24. The van der Waals surface area contributed by atoms with Gasteiger partial charge < -0.3 is 10.1 Å². The minimum Gasteiger partial charge on any atom is -0.381 e. The standard InChI is InChI=1S/C20H27N2O3P/c1-2-3-16-25-17-10-15-21-20(23)22-26(24,18-11-6-4-7-12-18)19-13-8-5-9-14-19/h4-9,11-14H,2-3,10,15-17H2,1H3,(H2,21,22,23,24). The summed E-state index contributed by atoms with van der Waals surface area (Å²) < 4.78 is 19.1. The van der Waals surface area contributed by atoms with Crippen molar-refractivity contribution < 1.29 is 14.1 Å². The first-order valence-electron chi connectivity index (χ1n) is 9.02. The second kappa shape index (κ2) is 10.8. The van der Waals surface area contributed by atoms with Crippen molar-refractivity contribution in [3.8, 4) is 0 Å². The molecule has 0 radical (unpaired) electrons. The first kappa shape index (κ1) is 20.2. The molecule has 0 bridgehead atoms. The van der Waals surface area contributed by atoms with Crippen LogP contribution < -0.4 is 21.0 Å². The van der Waals surface area contributed by atoms with Gasteiger partial charge in [0.1, 0.15) is 0 Å². The van der Waals surface area contributed by atoms with Crippen molar-refractivity contribution in [3.05, 3.63) is 60.7 Å². The molecule has 0 aliphatic carbocycles. The van der Waals surface area contributed by atoms with E-state index >= 15 is 0 Å². The zero-order chi connectivity index (χ0) is 18.7. The van der Waals surface area contributed by atoms with Gasteiger partial charge >= 0.3 is 6.03 Å². The Morgan fingerprint density at radius 1 is 0.923 bits per heavy atom. The van der Waals surface area contributed by atoms with E-state index in [4.69, 9.17) is 4.74 Å². The normalized spacial score (nSPS) is 11.1. The zero-order valence-corrected chi connectivity index (χ0v) is 16.1. The van der Waals surface area contributed by atoms with Gasteiger partial charge in [0.25, 0.3) is 0 Å². The van der Waals surface area contributed by atoms with Gasteiger partial charge in [-0.3, -0.25) is 9.65 Å². The van der Waals surface area contributed by atoms with E-state index in [0.29, 0.717) is 23.8 Å². The summed E-state index contributed by atoms with van der Waals surface area (Å²) in [6.07, 6.45) is 2.87. The molecule has 140 valence electrons. The predicted molar refractivity (Wildman–Crippen MR) is 107 cm³/mol. The van der Waals surface area contributed by atoms with Crippen molar-refractivity contribution in [3.63, 3.8) is 0 Å². The highest BCUT2D eigenvalue weighted by atomic mass is 31.2. The summed E-state index contributed by atoms with van der Waals surface area (Å²) in [6.45, 7) is 3.95. The molecule has 2 N–H and O–H groups in total. The lowest BCUT2D eigenvalue weighted by Gasteiger charge is -2.20. The molecule has 5 nitrogen and oxygen atoms in total. The third kappa shape index (κ3) is 6.01. The molecule has 0 atom stereocenters. The van der Waals surface area contributed by atoms with Gasteiger partial charge in [0.2, 0.25) is 7.29 Å². The number of amides is 2. The molecule has 2 amide bonds. The number of hydrogen-bond acceptors (Lipinski definition) is 3. The maximum absolute atomic E-state index is 13.6. The van der Waals surface area contributed by atoms with E-state index in [1.807, 2.05) is 36.4 Å². The molecule has 6 heteroatoms. The van der Waals surface area contributed by atoms with Gasteiger partial charge in [-0.15, -0.1) is 0 Å². The number of unbranched alkanes of at least 4 members (excludes halogenated alkanes) is 1. The predicted octanol–water partition coefficient (Wildman–Crippen LogP) is 3.42. The Balaban J connectivity index is 1.96. The van der Waals surface area contributed by atoms with E-state index < -0.39 is 13.3 Å². The number of rotatable bonds is 10. The molecule has 26 heavy (non-hydrogen) atoms. The van der Waals surface area contributed by atoms with Crippen LogP contribution in [-0.2, 0) is 9.30 Å². The van der Waals surface area contributed by atoms with Crippen molar-refractivity contribution in [2.45, 2.75) is 26.2 Å². The molecule has 0 saturated carbocycles. The Kier molecular flexibility index (Phi) is 8.39. The van der Waals surface area contributed by atoms with Crippen LogP contribution in [0.15, 0.2) is 60.7 Å². The number of ether oxygens (including phenoxy) is 1. The van der Waals surface area contributed by atoms with E-state index in [1.54, 1.807) is 24.3 Å². The number of carbonyl (C=O) groups is 1. The molecule has 2 rings (SSSR count). The average Bonchev–Trinajstić information content (AvgIpc) is 2.68. The first-order chi connectivity index (χ1) is 12.7. The maximum Gasteiger partial charge on any atom is 0.320 e. The smallest absolute Gasteiger partial charge is 0.320 e. The fraction of sp³-hybridized carbons (Fsp3) is 0.350. The van der Waals surface area contributed by atoms with Gasteiger partial charge in [0, 0.05) is 30.4 Å². The van der Waals surface area contributed by atoms with Gasteiger partial charge in [-0.25, -0.2) is 4.79 Å². The summed E-state index contributed by atoms with van der Waals surface area (Å²) in [7, 11) is -3.24. The maximum atomic E-state index is 13.6. The summed E-state index contributed by atoms with van der Waals surface area (Å²) in [4.78, 5) is 12.3. The van der Waals surface area contributed by atoms with Crippen molar-refractivity contribution in [2.75, 3.05) is 19.8 Å². The lowest BCUT2D eigenvalue weighted by Crippen LogP contribution is -2.39. The van der Waals surface area contributed by atoms with Crippen molar-refractivity contribution >= 4 is 23.9 Å². The van der Waals surface area contributed by atoms with Crippen LogP contribution in [0, 0.1) is 0 Å². The fourth-order valence-corrected chi connectivity index (χ4v) is 4.57. The molecule has 0 aromatic heterocycles. The van der Waals surface area contributed by atoms with Gasteiger partial charge in [-0.1, -0.05) is 49.7 Å². The van der Waals surface area contributed by atoms with Crippen molar-refractivity contribution in [1.29, 1.82) is 0 Å². The molecule has 0 aliphatic rings. The Bertz CT molecular complexity index is 664. The minimum absolute atomic E-state index is 0.436. The van der Waals surface area contributed by atoms with Gasteiger partial charge in [-0.05, 0) is 37.1 Å². The molecule has 0 aliphatic heterocycles. The van der Waals surface area contributed by atoms with Crippen LogP contribution in [0.2, 0.25) is 0 Å². The van der Waals surface area contributed by atoms with Crippen LogP contribution in [0.5, 0.6) is 0 Å². The number of carbonyl (C=O) groups excluding carboxylic acids is 1. The molecule has 0 unspecified atom stereocenters. The lowest BCUT2D eigenvalue weighted by atomic mass is 10.4. The second-order valence-corrected chi connectivity index (χ2v) is 8.44. The zero-order valence-electron chi connectivity index (χ0n) is 15.2. The second-order valence-electron chi connectivity index (χ2n) is 5.97. The molecular weight excluding hydrogens is 347 g/mol. The summed E-state index contributed by atoms with van der Waals surface area (Å²) in [5.74, 6) is 0. The van der Waals surface area contributed by atoms with E-state index in [0.717, 1.165) is 25.9 Å². The quantitative estimate of drug-likeness (QED) is 0.495. The number of urea groups is 1. The van der Waals surface area contributed by atoms with Crippen LogP contribution in [0.4, 0.5) is 4.79 Å². The number of nitrogens with one attached hydrogen (secondary N) is 2. The number of hydrogen-bond donors (Lipinski definition) is 2. The van der Waals surface area contributed by atoms with E-state index in [9.17, 15) is 9.36 Å². The van der Waals surface area contributed by atoms with Crippen molar-refractivity contribution in [2.24, 2.45) is 0 Å². The summed E-state index contributed by atoms with van der Waals surface area (Å²) in [6, 6.07) is 17.6. The Hall–Kier alpha value is -2.10. The average molecular weight is 374 g/mol.